The molecule has 21 heavy (non-hydrogen) atoms. The molecule has 1 aliphatic rings. The molecule has 0 saturated heterocycles. The van der Waals surface area contributed by atoms with Crippen LogP contribution in [-0.2, 0) is 6.42 Å². The Morgan fingerprint density at radius 2 is 1.33 bits per heavy atom. The van der Waals surface area contributed by atoms with E-state index in [0.29, 0.717) is 11.1 Å². The van der Waals surface area contributed by atoms with Crippen LogP contribution in [0.2, 0.25) is 20.1 Å². The fourth-order valence-corrected chi connectivity index (χ4v) is 3.44. The third kappa shape index (κ3) is 2.18. The Bertz CT molecular complexity index is 812. The number of Topliss-reactive ketones (excluding diaryl/α,β-unsaturated/α-hetero) is 1. The highest BCUT2D eigenvalue weighted by Crippen LogP contribution is 2.43. The molecule has 1 aliphatic carbocycles. The fraction of sp³-hybridized carbons (Fsp3) is 0.0667. The van der Waals surface area contributed by atoms with E-state index in [1.54, 1.807) is 24.3 Å². The van der Waals surface area contributed by atoms with Crippen molar-refractivity contribution in [3.63, 3.8) is 0 Å². The summed E-state index contributed by atoms with van der Waals surface area (Å²) in [6, 6.07) is 6.85. The van der Waals surface area contributed by atoms with Gasteiger partial charge in [0.2, 0.25) is 0 Å². The number of hydrogen-bond donors (Lipinski definition) is 0. The number of benzene rings is 2. The maximum Gasteiger partial charge on any atom is 0.195 e. The first kappa shape index (κ1) is 14.9. The van der Waals surface area contributed by atoms with Crippen molar-refractivity contribution in [2.45, 2.75) is 6.42 Å². The van der Waals surface area contributed by atoms with Crippen LogP contribution in [0.25, 0.3) is 0 Å². The van der Waals surface area contributed by atoms with Crippen LogP contribution in [0.5, 0.6) is 0 Å². The lowest BCUT2D eigenvalue weighted by Gasteiger charge is -2.12. The van der Waals surface area contributed by atoms with Gasteiger partial charge in [0.1, 0.15) is 0 Å². The molecule has 0 N–H and O–H groups in total. The van der Waals surface area contributed by atoms with Gasteiger partial charge in [-0.05, 0) is 5.56 Å². The molecule has 0 aliphatic heterocycles. The zero-order valence-electron chi connectivity index (χ0n) is 10.3. The van der Waals surface area contributed by atoms with Crippen molar-refractivity contribution in [1.82, 2.24) is 0 Å². The summed E-state index contributed by atoms with van der Waals surface area (Å²) in [5.41, 5.74) is 1.10. The van der Waals surface area contributed by atoms with E-state index in [-0.39, 0.29) is 49.2 Å². The number of carbonyl (C=O) groups excluding carboxylic acids is 2. The molecule has 2 aromatic carbocycles. The first-order valence-electron chi connectivity index (χ1n) is 5.95. The third-order valence-electron chi connectivity index (χ3n) is 3.39. The summed E-state index contributed by atoms with van der Waals surface area (Å²) in [6.45, 7) is 0. The summed E-state index contributed by atoms with van der Waals surface area (Å²) < 4.78 is 0. The Kier molecular flexibility index (Phi) is 3.74. The summed E-state index contributed by atoms with van der Waals surface area (Å²) in [4.78, 5) is 25.2. The van der Waals surface area contributed by atoms with Crippen LogP contribution in [0.15, 0.2) is 24.3 Å². The molecule has 0 saturated carbocycles. The molecule has 0 atom stereocenters. The summed E-state index contributed by atoms with van der Waals surface area (Å²) in [6.07, 6.45) is 0.0585. The number of fused-ring (bicyclic) bond motifs is 2. The van der Waals surface area contributed by atoms with Gasteiger partial charge in [-0.2, -0.15) is 0 Å². The van der Waals surface area contributed by atoms with Gasteiger partial charge in [-0.1, -0.05) is 70.7 Å². The van der Waals surface area contributed by atoms with Gasteiger partial charge in [-0.25, -0.2) is 0 Å². The minimum absolute atomic E-state index is 0.0193. The van der Waals surface area contributed by atoms with Crippen molar-refractivity contribution in [2.24, 2.45) is 0 Å². The van der Waals surface area contributed by atoms with Crippen molar-refractivity contribution < 1.29 is 9.59 Å². The Morgan fingerprint density at radius 1 is 0.762 bits per heavy atom. The minimum Gasteiger partial charge on any atom is -0.294 e. The molecule has 0 amide bonds. The molecule has 0 radical (unpaired) electrons. The van der Waals surface area contributed by atoms with Crippen molar-refractivity contribution in [3.05, 3.63) is 66.6 Å². The molecule has 106 valence electrons. The van der Waals surface area contributed by atoms with Gasteiger partial charge in [0, 0.05) is 12.0 Å². The van der Waals surface area contributed by atoms with E-state index in [9.17, 15) is 9.59 Å². The average Bonchev–Trinajstić information content (AvgIpc) is 2.58. The normalized spacial score (nSPS) is 13.7. The van der Waals surface area contributed by atoms with Crippen LogP contribution in [-0.4, -0.2) is 11.6 Å². The Hall–Kier alpha value is -1.06. The quantitative estimate of drug-likeness (QED) is 0.474. The van der Waals surface area contributed by atoms with Gasteiger partial charge in [0.25, 0.3) is 0 Å². The Morgan fingerprint density at radius 3 is 2.00 bits per heavy atom. The van der Waals surface area contributed by atoms with E-state index in [1.165, 1.54) is 0 Å². The predicted octanol–water partition coefficient (Wildman–Crippen LogP) is 5.27. The first-order valence-corrected chi connectivity index (χ1v) is 7.46. The number of ketones is 2. The van der Waals surface area contributed by atoms with Crippen LogP contribution >= 0.6 is 46.4 Å². The number of hydrogen-bond acceptors (Lipinski definition) is 2. The summed E-state index contributed by atoms with van der Waals surface area (Å²) in [5.74, 6) is -0.689. The molecule has 0 unspecified atom stereocenters. The van der Waals surface area contributed by atoms with Crippen LogP contribution in [0.3, 0.4) is 0 Å². The van der Waals surface area contributed by atoms with Gasteiger partial charge in [0.05, 0.1) is 31.2 Å². The van der Waals surface area contributed by atoms with Crippen molar-refractivity contribution >= 4 is 58.0 Å². The second-order valence-corrected chi connectivity index (χ2v) is 6.10. The van der Waals surface area contributed by atoms with Crippen molar-refractivity contribution in [3.8, 4) is 0 Å². The van der Waals surface area contributed by atoms with E-state index >= 15 is 0 Å². The van der Waals surface area contributed by atoms with Crippen molar-refractivity contribution in [1.29, 1.82) is 0 Å². The highest BCUT2D eigenvalue weighted by molar-refractivity contribution is 6.54. The maximum absolute atomic E-state index is 12.7. The Labute approximate surface area is 140 Å². The van der Waals surface area contributed by atoms with Crippen LogP contribution < -0.4 is 0 Å². The topological polar surface area (TPSA) is 34.1 Å². The van der Waals surface area contributed by atoms with Crippen molar-refractivity contribution in [2.75, 3.05) is 0 Å². The maximum atomic E-state index is 12.7. The van der Waals surface area contributed by atoms with E-state index in [1.807, 2.05) is 0 Å². The fourth-order valence-electron chi connectivity index (χ4n) is 2.40. The molecule has 0 heterocycles. The molecule has 0 spiro atoms. The third-order valence-corrected chi connectivity index (χ3v) is 5.19. The molecule has 0 aromatic heterocycles. The molecule has 0 fully saturated rings. The zero-order valence-corrected chi connectivity index (χ0v) is 13.4. The first-order chi connectivity index (χ1) is 9.93. The highest BCUT2D eigenvalue weighted by Gasteiger charge is 2.33. The average molecular weight is 360 g/mol. The van der Waals surface area contributed by atoms with Crippen LogP contribution in [0.1, 0.15) is 31.8 Å². The lowest BCUT2D eigenvalue weighted by Crippen LogP contribution is -2.09. The summed E-state index contributed by atoms with van der Waals surface area (Å²) in [5, 5.41) is -0.125. The van der Waals surface area contributed by atoms with Gasteiger partial charge < -0.3 is 0 Å². The van der Waals surface area contributed by atoms with Gasteiger partial charge in [0.15, 0.2) is 11.6 Å². The van der Waals surface area contributed by atoms with E-state index in [4.69, 9.17) is 46.4 Å². The van der Waals surface area contributed by atoms with E-state index < -0.39 is 0 Å². The standard InChI is InChI=1S/C15H6Cl4O2/c16-11-9-8(20)5-6-3-1-2-4-7(6)15(21)10(9)12(17)14(19)13(11)18/h1-4H,5H2. The minimum atomic E-state index is -0.378. The second kappa shape index (κ2) is 5.29. The molecular weight excluding hydrogens is 354 g/mol. The molecule has 2 aromatic rings. The largest absolute Gasteiger partial charge is 0.294 e. The molecule has 0 bridgehead atoms. The van der Waals surface area contributed by atoms with E-state index in [2.05, 4.69) is 0 Å². The lowest BCUT2D eigenvalue weighted by molar-refractivity contribution is 0.0985. The molecule has 6 heteroatoms. The van der Waals surface area contributed by atoms with Crippen LogP contribution in [0, 0.1) is 0 Å². The van der Waals surface area contributed by atoms with Gasteiger partial charge in [-0.3, -0.25) is 9.59 Å². The van der Waals surface area contributed by atoms with Gasteiger partial charge >= 0.3 is 0 Å². The number of halogens is 4. The summed E-state index contributed by atoms with van der Waals surface area (Å²) >= 11 is 24.2. The van der Waals surface area contributed by atoms with Gasteiger partial charge in [-0.15, -0.1) is 0 Å². The zero-order chi connectivity index (χ0) is 15.3. The number of rotatable bonds is 0. The monoisotopic (exact) mass is 358 g/mol. The molecule has 3 rings (SSSR count). The van der Waals surface area contributed by atoms with Crippen LogP contribution in [0.4, 0.5) is 0 Å². The summed E-state index contributed by atoms with van der Waals surface area (Å²) in [7, 11) is 0. The Balaban J connectivity index is 2.43. The lowest BCUT2D eigenvalue weighted by atomic mass is 9.98. The highest BCUT2D eigenvalue weighted by atomic mass is 35.5. The smallest absolute Gasteiger partial charge is 0.195 e. The predicted molar refractivity (Wildman–Crippen MR) is 84.4 cm³/mol. The number of carbonyl (C=O) groups is 2. The molecular formula is C15H6Cl4O2. The van der Waals surface area contributed by atoms with E-state index in [0.717, 1.165) is 0 Å². The SMILES string of the molecule is O=C1Cc2ccccc2C(=O)c2c(Cl)c(Cl)c(Cl)c(Cl)c21. The molecule has 2 nitrogen and oxygen atoms in total. The second-order valence-electron chi connectivity index (χ2n) is 4.59.